The van der Waals surface area contributed by atoms with Crippen molar-refractivity contribution in [2.24, 2.45) is 5.92 Å². The van der Waals surface area contributed by atoms with Crippen molar-refractivity contribution in [2.75, 3.05) is 19.7 Å². The molecule has 0 spiro atoms. The van der Waals surface area contributed by atoms with Crippen molar-refractivity contribution in [2.45, 2.75) is 51.5 Å². The number of amides is 2. The monoisotopic (exact) mass is 322 g/mol. The third kappa shape index (κ3) is 3.82. The lowest BCUT2D eigenvalue weighted by molar-refractivity contribution is 0.204. The highest BCUT2D eigenvalue weighted by molar-refractivity contribution is 7.12. The van der Waals surface area contributed by atoms with Gasteiger partial charge >= 0.3 is 6.03 Å². The molecule has 2 aliphatic rings. The number of nitrogens with zero attached hydrogens (tertiary/aromatic N) is 1. The molecule has 1 aromatic heterocycles. The molecule has 4 nitrogen and oxygen atoms in total. The Kier molecular flexibility index (Phi) is 5.37. The van der Waals surface area contributed by atoms with Crippen molar-refractivity contribution in [3.05, 3.63) is 21.4 Å². The molecule has 3 rings (SSSR count). The van der Waals surface area contributed by atoms with Gasteiger partial charge < -0.3 is 15.3 Å². The largest absolute Gasteiger partial charge is 0.396 e. The first-order chi connectivity index (χ1) is 10.8. The summed E-state index contributed by atoms with van der Waals surface area (Å²) in [6.45, 7) is 2.48. The van der Waals surface area contributed by atoms with Gasteiger partial charge in [0.1, 0.15) is 0 Å². The predicted molar refractivity (Wildman–Crippen MR) is 89.2 cm³/mol. The molecule has 0 saturated carbocycles. The number of rotatable bonds is 4. The summed E-state index contributed by atoms with van der Waals surface area (Å²) in [5.41, 5.74) is 1.51. The van der Waals surface area contributed by atoms with Gasteiger partial charge in [-0.15, -0.1) is 11.3 Å². The van der Waals surface area contributed by atoms with Gasteiger partial charge in [-0.1, -0.05) is 6.42 Å². The quantitative estimate of drug-likeness (QED) is 0.838. The molecule has 22 heavy (non-hydrogen) atoms. The van der Waals surface area contributed by atoms with Gasteiger partial charge in [0, 0.05) is 29.5 Å². The van der Waals surface area contributed by atoms with Crippen molar-refractivity contribution >= 4 is 17.4 Å². The van der Waals surface area contributed by atoms with Crippen LogP contribution in [-0.4, -0.2) is 35.7 Å². The summed E-state index contributed by atoms with van der Waals surface area (Å²) >= 11 is 1.88. The summed E-state index contributed by atoms with van der Waals surface area (Å²) in [6, 6.07) is 2.34. The second-order valence-corrected chi connectivity index (χ2v) is 7.71. The van der Waals surface area contributed by atoms with Gasteiger partial charge in [0.2, 0.25) is 0 Å². The fourth-order valence-electron chi connectivity index (χ4n) is 3.53. The van der Waals surface area contributed by atoms with Crippen LogP contribution in [0.15, 0.2) is 6.07 Å². The Morgan fingerprint density at radius 3 is 3.09 bits per heavy atom. The van der Waals surface area contributed by atoms with Gasteiger partial charge in [-0.3, -0.25) is 0 Å². The second kappa shape index (κ2) is 7.47. The van der Waals surface area contributed by atoms with E-state index in [1.54, 1.807) is 0 Å². The Morgan fingerprint density at radius 1 is 1.36 bits per heavy atom. The molecule has 1 aromatic rings. The van der Waals surface area contributed by atoms with Crippen LogP contribution in [0.4, 0.5) is 4.79 Å². The van der Waals surface area contributed by atoms with E-state index < -0.39 is 0 Å². The van der Waals surface area contributed by atoms with Crippen molar-refractivity contribution < 1.29 is 9.90 Å². The molecule has 1 unspecified atom stereocenters. The Labute approximate surface area is 136 Å². The van der Waals surface area contributed by atoms with Crippen LogP contribution in [0.3, 0.4) is 0 Å². The summed E-state index contributed by atoms with van der Waals surface area (Å²) < 4.78 is 0. The van der Waals surface area contributed by atoms with Crippen LogP contribution in [0.2, 0.25) is 0 Å². The van der Waals surface area contributed by atoms with Crippen LogP contribution in [0.1, 0.15) is 47.4 Å². The minimum absolute atomic E-state index is 0.0454. The molecule has 0 aromatic carbocycles. The van der Waals surface area contributed by atoms with Crippen LogP contribution in [-0.2, 0) is 19.4 Å². The Bertz CT molecular complexity index is 491. The van der Waals surface area contributed by atoms with Gasteiger partial charge in [-0.2, -0.15) is 0 Å². The van der Waals surface area contributed by atoms with E-state index in [1.807, 2.05) is 16.2 Å². The molecule has 1 fully saturated rings. The van der Waals surface area contributed by atoms with E-state index in [0.717, 1.165) is 25.9 Å². The first-order valence-corrected chi connectivity index (χ1v) is 9.32. The molecule has 122 valence electrons. The number of urea groups is 1. The average Bonchev–Trinajstić information content (AvgIpc) is 3.08. The van der Waals surface area contributed by atoms with E-state index in [4.69, 9.17) is 5.11 Å². The van der Waals surface area contributed by atoms with Crippen molar-refractivity contribution in [1.29, 1.82) is 0 Å². The number of nitrogens with one attached hydrogen (secondary N) is 1. The van der Waals surface area contributed by atoms with E-state index >= 15 is 0 Å². The summed E-state index contributed by atoms with van der Waals surface area (Å²) in [7, 11) is 0. The topological polar surface area (TPSA) is 52.6 Å². The van der Waals surface area contributed by atoms with Crippen molar-refractivity contribution in [3.8, 4) is 0 Å². The van der Waals surface area contributed by atoms with Crippen LogP contribution < -0.4 is 5.32 Å². The molecular formula is C17H26N2O2S. The molecule has 0 bridgehead atoms. The lowest BCUT2D eigenvalue weighted by atomic mass is 10.1. The Hall–Kier alpha value is -1.07. The number of hydrogen-bond acceptors (Lipinski definition) is 3. The summed E-state index contributed by atoms with van der Waals surface area (Å²) in [5, 5.41) is 12.0. The molecule has 2 heterocycles. The normalized spacial score (nSPS) is 21.5. The van der Waals surface area contributed by atoms with Gasteiger partial charge in [0.15, 0.2) is 0 Å². The maximum atomic E-state index is 12.2. The third-order valence-electron chi connectivity index (χ3n) is 4.82. The summed E-state index contributed by atoms with van der Waals surface area (Å²) in [6.07, 6.45) is 8.19. The number of aliphatic hydroxyl groups excluding tert-OH is 1. The van der Waals surface area contributed by atoms with Crippen LogP contribution >= 0.6 is 11.3 Å². The number of aryl methyl sites for hydroxylation is 2. The lowest BCUT2D eigenvalue weighted by Gasteiger charge is -2.17. The number of hydrogen-bond donors (Lipinski definition) is 2. The highest BCUT2D eigenvalue weighted by atomic mass is 32.1. The number of thiophene rings is 1. The van der Waals surface area contributed by atoms with E-state index in [2.05, 4.69) is 11.4 Å². The zero-order chi connectivity index (χ0) is 15.4. The zero-order valence-electron chi connectivity index (χ0n) is 13.1. The number of fused-ring (bicyclic) bond motifs is 1. The third-order valence-corrected chi connectivity index (χ3v) is 6.06. The lowest BCUT2D eigenvalue weighted by Crippen LogP contribution is -2.38. The van der Waals surface area contributed by atoms with Gasteiger partial charge in [-0.25, -0.2) is 4.79 Å². The molecule has 5 heteroatoms. The molecular weight excluding hydrogens is 296 g/mol. The van der Waals surface area contributed by atoms with Crippen LogP contribution in [0.25, 0.3) is 0 Å². The molecule has 1 aliphatic carbocycles. The number of aliphatic hydroxyl groups is 1. The van der Waals surface area contributed by atoms with Gasteiger partial charge in [-0.05, 0) is 56.1 Å². The molecule has 1 atom stereocenters. The van der Waals surface area contributed by atoms with Gasteiger partial charge in [0.25, 0.3) is 0 Å². The molecule has 2 N–H and O–H groups in total. The van der Waals surface area contributed by atoms with Crippen molar-refractivity contribution in [3.63, 3.8) is 0 Å². The maximum absolute atomic E-state index is 12.2. The smallest absolute Gasteiger partial charge is 0.317 e. The van der Waals surface area contributed by atoms with E-state index in [1.165, 1.54) is 47.4 Å². The predicted octanol–water partition coefficient (Wildman–Crippen LogP) is 2.93. The standard InChI is InChI=1S/C17H26N2O2S/c20-9-7-13-6-8-19(12-13)17(21)18-11-15-10-14-4-2-1-3-5-16(14)22-15/h10,13,20H,1-9,11-12H2,(H,18,21). The average molecular weight is 322 g/mol. The maximum Gasteiger partial charge on any atom is 0.317 e. The molecule has 1 saturated heterocycles. The minimum atomic E-state index is 0.0454. The number of carbonyl (C=O) groups is 1. The van der Waals surface area contributed by atoms with E-state index in [0.29, 0.717) is 12.5 Å². The fourth-order valence-corrected chi connectivity index (χ4v) is 4.73. The zero-order valence-corrected chi connectivity index (χ0v) is 14.0. The van der Waals surface area contributed by atoms with E-state index in [9.17, 15) is 4.79 Å². The number of likely N-dealkylation sites (tertiary alicyclic amines) is 1. The first kappa shape index (κ1) is 15.8. The van der Waals surface area contributed by atoms with Gasteiger partial charge in [0.05, 0.1) is 6.54 Å². The number of carbonyl (C=O) groups excluding carboxylic acids is 1. The first-order valence-electron chi connectivity index (χ1n) is 8.50. The van der Waals surface area contributed by atoms with E-state index in [-0.39, 0.29) is 12.6 Å². The minimum Gasteiger partial charge on any atom is -0.396 e. The highest BCUT2D eigenvalue weighted by Crippen LogP contribution is 2.29. The Balaban J connectivity index is 1.49. The SMILES string of the molecule is O=C(NCc1cc2c(s1)CCCCC2)N1CCC(CCO)C1. The highest BCUT2D eigenvalue weighted by Gasteiger charge is 2.25. The summed E-state index contributed by atoms with van der Waals surface area (Å²) in [5.74, 6) is 0.466. The fraction of sp³-hybridized carbons (Fsp3) is 0.706. The van der Waals surface area contributed by atoms with Crippen molar-refractivity contribution in [1.82, 2.24) is 10.2 Å². The second-order valence-electron chi connectivity index (χ2n) is 6.49. The molecule has 0 radical (unpaired) electrons. The molecule has 1 aliphatic heterocycles. The van der Waals surface area contributed by atoms with Crippen LogP contribution in [0.5, 0.6) is 0 Å². The molecule has 2 amide bonds. The summed E-state index contributed by atoms with van der Waals surface area (Å²) in [4.78, 5) is 16.9. The van der Waals surface area contributed by atoms with Crippen LogP contribution in [0, 0.1) is 5.92 Å². The Morgan fingerprint density at radius 2 is 2.23 bits per heavy atom.